The molecule has 2 heterocycles. The number of aromatic nitrogens is 3. The summed E-state index contributed by atoms with van der Waals surface area (Å²) < 4.78 is 1.91. The van der Waals surface area contributed by atoms with Gasteiger partial charge in [-0.15, -0.1) is 0 Å². The first kappa shape index (κ1) is 9.84. The van der Waals surface area contributed by atoms with E-state index in [2.05, 4.69) is 28.2 Å². The summed E-state index contributed by atoms with van der Waals surface area (Å²) in [6.45, 7) is 0.733. The fourth-order valence-electron chi connectivity index (χ4n) is 1.89. The van der Waals surface area contributed by atoms with Crippen LogP contribution in [0.1, 0.15) is 5.56 Å². The Labute approximate surface area is 98.7 Å². The van der Waals surface area contributed by atoms with Crippen LogP contribution in [0.5, 0.6) is 0 Å². The predicted octanol–water partition coefficient (Wildman–Crippen LogP) is 2.06. The van der Waals surface area contributed by atoms with E-state index in [4.69, 9.17) is 5.73 Å². The zero-order chi connectivity index (χ0) is 11.7. The van der Waals surface area contributed by atoms with Gasteiger partial charge in [0.15, 0.2) is 5.95 Å². The van der Waals surface area contributed by atoms with Gasteiger partial charge in [-0.1, -0.05) is 12.1 Å². The summed E-state index contributed by atoms with van der Waals surface area (Å²) in [5, 5.41) is 1.14. The van der Waals surface area contributed by atoms with E-state index < -0.39 is 0 Å². The standard InChI is InChI=1S/C13H12N4/c14-13-16-6-7-17(13)9-10-3-4-12-11(8-10)2-1-5-15-12/h1-8H,9H2,(H2,14,16). The van der Waals surface area contributed by atoms with E-state index in [1.54, 1.807) is 12.4 Å². The molecule has 84 valence electrons. The fraction of sp³-hybridized carbons (Fsp3) is 0.0769. The quantitative estimate of drug-likeness (QED) is 0.724. The first-order chi connectivity index (χ1) is 8.33. The van der Waals surface area contributed by atoms with Crippen molar-refractivity contribution in [2.75, 3.05) is 5.73 Å². The number of pyridine rings is 1. The van der Waals surface area contributed by atoms with Crippen molar-refractivity contribution in [3.63, 3.8) is 0 Å². The maximum atomic E-state index is 5.74. The Kier molecular flexibility index (Phi) is 2.26. The van der Waals surface area contributed by atoms with Crippen LogP contribution >= 0.6 is 0 Å². The van der Waals surface area contributed by atoms with Gasteiger partial charge in [0.25, 0.3) is 0 Å². The molecular formula is C13H12N4. The molecule has 0 amide bonds. The van der Waals surface area contributed by atoms with Crippen LogP contribution in [0.25, 0.3) is 10.9 Å². The highest BCUT2D eigenvalue weighted by atomic mass is 15.1. The van der Waals surface area contributed by atoms with Gasteiger partial charge >= 0.3 is 0 Å². The number of nitrogens with zero attached hydrogens (tertiary/aromatic N) is 3. The molecule has 0 aliphatic carbocycles. The summed E-state index contributed by atoms with van der Waals surface area (Å²) in [5.74, 6) is 0.538. The minimum atomic E-state index is 0.538. The molecule has 2 aromatic heterocycles. The van der Waals surface area contributed by atoms with Gasteiger partial charge in [-0.3, -0.25) is 4.98 Å². The average molecular weight is 224 g/mol. The number of rotatable bonds is 2. The molecule has 0 radical (unpaired) electrons. The zero-order valence-electron chi connectivity index (χ0n) is 9.24. The lowest BCUT2D eigenvalue weighted by Gasteiger charge is -2.05. The molecule has 3 rings (SSSR count). The molecule has 0 unspecified atom stereocenters. The lowest BCUT2D eigenvalue weighted by molar-refractivity contribution is 0.812. The topological polar surface area (TPSA) is 56.7 Å². The summed E-state index contributed by atoms with van der Waals surface area (Å²) >= 11 is 0. The Morgan fingerprint density at radius 2 is 2.06 bits per heavy atom. The van der Waals surface area contributed by atoms with Crippen molar-refractivity contribution in [1.29, 1.82) is 0 Å². The van der Waals surface area contributed by atoms with Crippen molar-refractivity contribution in [1.82, 2.24) is 14.5 Å². The Balaban J connectivity index is 1.99. The number of imidazole rings is 1. The van der Waals surface area contributed by atoms with Crippen LogP contribution < -0.4 is 5.73 Å². The number of anilines is 1. The van der Waals surface area contributed by atoms with Gasteiger partial charge < -0.3 is 10.3 Å². The van der Waals surface area contributed by atoms with E-state index in [0.29, 0.717) is 5.95 Å². The minimum absolute atomic E-state index is 0.538. The van der Waals surface area contributed by atoms with Crippen LogP contribution in [-0.2, 0) is 6.54 Å². The van der Waals surface area contributed by atoms with Crippen molar-refractivity contribution in [3.05, 3.63) is 54.5 Å². The van der Waals surface area contributed by atoms with E-state index in [-0.39, 0.29) is 0 Å². The van der Waals surface area contributed by atoms with Crippen LogP contribution in [0.3, 0.4) is 0 Å². The van der Waals surface area contributed by atoms with Crippen molar-refractivity contribution < 1.29 is 0 Å². The number of hydrogen-bond acceptors (Lipinski definition) is 3. The molecule has 0 bridgehead atoms. The Bertz CT molecular complexity index is 657. The lowest BCUT2D eigenvalue weighted by Crippen LogP contribution is -2.03. The summed E-state index contributed by atoms with van der Waals surface area (Å²) in [6.07, 6.45) is 5.39. The molecule has 0 saturated carbocycles. The third-order valence-corrected chi connectivity index (χ3v) is 2.77. The number of nitrogen functional groups attached to an aromatic ring is 1. The summed E-state index contributed by atoms with van der Waals surface area (Å²) in [6, 6.07) is 10.2. The maximum absolute atomic E-state index is 5.74. The first-order valence-electron chi connectivity index (χ1n) is 5.43. The van der Waals surface area contributed by atoms with E-state index in [1.165, 1.54) is 5.56 Å². The summed E-state index contributed by atoms with van der Waals surface area (Å²) in [5.41, 5.74) is 7.94. The third-order valence-electron chi connectivity index (χ3n) is 2.77. The van der Waals surface area contributed by atoms with Crippen molar-refractivity contribution >= 4 is 16.9 Å². The van der Waals surface area contributed by atoms with Crippen LogP contribution in [0, 0.1) is 0 Å². The number of benzene rings is 1. The highest BCUT2D eigenvalue weighted by Crippen LogP contribution is 2.15. The second-order valence-electron chi connectivity index (χ2n) is 3.94. The van der Waals surface area contributed by atoms with Crippen molar-refractivity contribution in [2.24, 2.45) is 0 Å². The van der Waals surface area contributed by atoms with Gasteiger partial charge in [0.2, 0.25) is 0 Å². The van der Waals surface area contributed by atoms with Crippen molar-refractivity contribution in [3.8, 4) is 0 Å². The molecule has 0 aliphatic heterocycles. The molecule has 17 heavy (non-hydrogen) atoms. The van der Waals surface area contributed by atoms with Crippen LogP contribution in [0.4, 0.5) is 5.95 Å². The van der Waals surface area contributed by atoms with Gasteiger partial charge in [0.1, 0.15) is 0 Å². The zero-order valence-corrected chi connectivity index (χ0v) is 9.24. The van der Waals surface area contributed by atoms with E-state index >= 15 is 0 Å². The SMILES string of the molecule is Nc1nccn1Cc1ccc2ncccc2c1. The number of nitrogens with two attached hydrogens (primary N) is 1. The van der Waals surface area contributed by atoms with Gasteiger partial charge in [0.05, 0.1) is 12.1 Å². The molecular weight excluding hydrogens is 212 g/mol. The highest BCUT2D eigenvalue weighted by molar-refractivity contribution is 5.78. The molecule has 4 heteroatoms. The summed E-state index contributed by atoms with van der Waals surface area (Å²) in [7, 11) is 0. The average Bonchev–Trinajstić information content (AvgIpc) is 2.75. The fourth-order valence-corrected chi connectivity index (χ4v) is 1.89. The largest absolute Gasteiger partial charge is 0.369 e. The molecule has 0 aliphatic rings. The first-order valence-corrected chi connectivity index (χ1v) is 5.43. The number of fused-ring (bicyclic) bond motifs is 1. The van der Waals surface area contributed by atoms with Gasteiger partial charge in [-0.2, -0.15) is 0 Å². The molecule has 0 fully saturated rings. The molecule has 3 aromatic rings. The molecule has 1 aromatic carbocycles. The van der Waals surface area contributed by atoms with Gasteiger partial charge in [0, 0.05) is 24.0 Å². The van der Waals surface area contributed by atoms with Crippen molar-refractivity contribution in [2.45, 2.75) is 6.54 Å². The lowest BCUT2D eigenvalue weighted by atomic mass is 10.1. The highest BCUT2D eigenvalue weighted by Gasteiger charge is 2.01. The molecule has 4 nitrogen and oxygen atoms in total. The number of hydrogen-bond donors (Lipinski definition) is 1. The monoisotopic (exact) mass is 224 g/mol. The Morgan fingerprint density at radius 1 is 1.12 bits per heavy atom. The molecule has 0 saturated heterocycles. The minimum Gasteiger partial charge on any atom is -0.369 e. The van der Waals surface area contributed by atoms with E-state index in [0.717, 1.165) is 17.4 Å². The van der Waals surface area contributed by atoms with E-state index in [1.807, 2.05) is 22.9 Å². The Hall–Kier alpha value is -2.36. The second-order valence-corrected chi connectivity index (χ2v) is 3.94. The van der Waals surface area contributed by atoms with Crippen LogP contribution in [-0.4, -0.2) is 14.5 Å². The summed E-state index contributed by atoms with van der Waals surface area (Å²) in [4.78, 5) is 8.30. The second kappa shape index (κ2) is 3.90. The maximum Gasteiger partial charge on any atom is 0.200 e. The molecule has 2 N–H and O–H groups in total. The molecule has 0 spiro atoms. The molecule has 0 atom stereocenters. The third kappa shape index (κ3) is 1.85. The predicted molar refractivity (Wildman–Crippen MR) is 67.5 cm³/mol. The van der Waals surface area contributed by atoms with Gasteiger partial charge in [-0.05, 0) is 23.8 Å². The van der Waals surface area contributed by atoms with E-state index in [9.17, 15) is 0 Å². The van der Waals surface area contributed by atoms with Gasteiger partial charge in [-0.25, -0.2) is 4.98 Å². The smallest absolute Gasteiger partial charge is 0.200 e. The van der Waals surface area contributed by atoms with Crippen LogP contribution in [0.15, 0.2) is 48.9 Å². The Morgan fingerprint density at radius 3 is 2.88 bits per heavy atom. The normalized spacial score (nSPS) is 10.8. The van der Waals surface area contributed by atoms with Crippen LogP contribution in [0.2, 0.25) is 0 Å².